The average molecular weight is 385 g/mol. The molecule has 0 unspecified atom stereocenters. The van der Waals surface area contributed by atoms with Gasteiger partial charge >= 0.3 is 11.7 Å². The topological polar surface area (TPSA) is 128 Å². The van der Waals surface area contributed by atoms with Crippen LogP contribution in [-0.4, -0.2) is 35.7 Å². The smallest absolute Gasteiger partial charge is 0.335 e. The Labute approximate surface area is 158 Å². The number of nitrogens with zero attached hydrogens (tertiary/aromatic N) is 4. The van der Waals surface area contributed by atoms with Crippen LogP contribution in [0.1, 0.15) is 22.3 Å². The molecule has 28 heavy (non-hydrogen) atoms. The number of fused-ring (bicyclic) bond motifs is 1. The van der Waals surface area contributed by atoms with Gasteiger partial charge < -0.3 is 15.0 Å². The Morgan fingerprint density at radius 1 is 1.11 bits per heavy atom. The first-order valence-electron chi connectivity index (χ1n) is 8.49. The highest BCUT2D eigenvalue weighted by Gasteiger charge is 2.14. The molecule has 2 N–H and O–H groups in total. The van der Waals surface area contributed by atoms with Gasteiger partial charge in [0, 0.05) is 33.6 Å². The molecule has 0 aliphatic rings. The van der Waals surface area contributed by atoms with E-state index in [4.69, 9.17) is 5.11 Å². The highest BCUT2D eigenvalue weighted by molar-refractivity contribution is 5.87. The molecule has 0 saturated carbocycles. The minimum atomic E-state index is -1.01. The van der Waals surface area contributed by atoms with Gasteiger partial charge in [0.05, 0.1) is 11.9 Å². The summed E-state index contributed by atoms with van der Waals surface area (Å²) in [5.74, 6) is -1.24. The van der Waals surface area contributed by atoms with Crippen LogP contribution in [0.4, 0.5) is 0 Å². The lowest BCUT2D eigenvalue weighted by Crippen LogP contribution is -2.37. The summed E-state index contributed by atoms with van der Waals surface area (Å²) in [6.45, 7) is 0.493. The van der Waals surface area contributed by atoms with Crippen molar-refractivity contribution in [1.82, 2.24) is 24.0 Å². The van der Waals surface area contributed by atoms with Crippen LogP contribution >= 0.6 is 0 Å². The summed E-state index contributed by atoms with van der Waals surface area (Å²) in [6.07, 6.45) is 1.55. The van der Waals surface area contributed by atoms with Crippen molar-refractivity contribution in [3.63, 3.8) is 0 Å². The van der Waals surface area contributed by atoms with Gasteiger partial charge in [-0.2, -0.15) is 0 Å². The third-order valence-corrected chi connectivity index (χ3v) is 4.49. The van der Waals surface area contributed by atoms with Crippen molar-refractivity contribution in [2.75, 3.05) is 0 Å². The zero-order valence-electron chi connectivity index (χ0n) is 15.4. The molecular formula is C18H19N5O5. The molecule has 0 radical (unpaired) electrons. The van der Waals surface area contributed by atoms with E-state index in [9.17, 15) is 19.2 Å². The Kier molecular flexibility index (Phi) is 5.12. The van der Waals surface area contributed by atoms with Crippen LogP contribution in [0, 0.1) is 0 Å². The summed E-state index contributed by atoms with van der Waals surface area (Å²) in [4.78, 5) is 51.4. The van der Waals surface area contributed by atoms with Crippen LogP contribution in [0.5, 0.6) is 0 Å². The van der Waals surface area contributed by atoms with Crippen LogP contribution in [-0.2, 0) is 32.0 Å². The maximum Gasteiger partial charge on any atom is 0.335 e. The summed E-state index contributed by atoms with van der Waals surface area (Å²) >= 11 is 0. The van der Waals surface area contributed by atoms with E-state index in [1.807, 2.05) is 0 Å². The fraction of sp³-hybridized carbons (Fsp3) is 0.278. The number of benzene rings is 1. The quantitative estimate of drug-likeness (QED) is 0.607. The number of aryl methyl sites for hydroxylation is 2. The van der Waals surface area contributed by atoms with E-state index in [0.717, 1.165) is 10.1 Å². The van der Waals surface area contributed by atoms with E-state index in [1.54, 1.807) is 16.7 Å². The van der Waals surface area contributed by atoms with E-state index in [-0.39, 0.29) is 42.1 Å². The van der Waals surface area contributed by atoms with E-state index in [0.29, 0.717) is 0 Å². The second-order valence-corrected chi connectivity index (χ2v) is 6.34. The molecule has 0 saturated heterocycles. The zero-order valence-corrected chi connectivity index (χ0v) is 15.4. The first-order valence-corrected chi connectivity index (χ1v) is 8.49. The first kappa shape index (κ1) is 19.1. The molecule has 0 spiro atoms. The number of aromatic nitrogens is 4. The summed E-state index contributed by atoms with van der Waals surface area (Å²) < 4.78 is 3.84. The molecule has 2 heterocycles. The predicted molar refractivity (Wildman–Crippen MR) is 100 cm³/mol. The number of nitrogens with one attached hydrogen (secondary N) is 1. The Balaban J connectivity index is 1.66. The van der Waals surface area contributed by atoms with Gasteiger partial charge in [0.15, 0.2) is 11.2 Å². The summed E-state index contributed by atoms with van der Waals surface area (Å²) in [7, 11) is 2.92. The molecule has 0 atom stereocenters. The summed E-state index contributed by atoms with van der Waals surface area (Å²) in [6, 6.07) is 6.22. The molecule has 1 aromatic carbocycles. The van der Waals surface area contributed by atoms with Gasteiger partial charge in [0.25, 0.3) is 5.56 Å². The highest BCUT2D eigenvalue weighted by atomic mass is 16.4. The Hall–Kier alpha value is -3.69. The number of imidazole rings is 1. The van der Waals surface area contributed by atoms with Crippen LogP contribution < -0.4 is 16.6 Å². The SMILES string of the molecule is Cn1c(=O)c2c(ncn2CCC(=O)NCc2ccc(C(=O)O)cc2)n(C)c1=O. The largest absolute Gasteiger partial charge is 0.478 e. The molecule has 10 heteroatoms. The van der Waals surface area contributed by atoms with Crippen molar-refractivity contribution in [3.8, 4) is 0 Å². The maximum absolute atomic E-state index is 12.4. The second-order valence-electron chi connectivity index (χ2n) is 6.34. The fourth-order valence-electron chi connectivity index (χ4n) is 2.84. The monoisotopic (exact) mass is 385 g/mol. The molecule has 0 aliphatic carbocycles. The number of carbonyl (C=O) groups excluding carboxylic acids is 1. The number of rotatable bonds is 6. The number of carbonyl (C=O) groups is 2. The molecule has 3 rings (SSSR count). The third-order valence-electron chi connectivity index (χ3n) is 4.49. The molecular weight excluding hydrogens is 366 g/mol. The maximum atomic E-state index is 12.4. The molecule has 0 bridgehead atoms. The van der Waals surface area contributed by atoms with Crippen molar-refractivity contribution >= 4 is 23.0 Å². The Bertz CT molecular complexity index is 1170. The molecule has 10 nitrogen and oxygen atoms in total. The van der Waals surface area contributed by atoms with Crippen molar-refractivity contribution in [1.29, 1.82) is 0 Å². The van der Waals surface area contributed by atoms with Gasteiger partial charge in [0.2, 0.25) is 5.91 Å². The molecule has 146 valence electrons. The van der Waals surface area contributed by atoms with E-state index in [1.165, 1.54) is 37.1 Å². The number of hydrogen-bond acceptors (Lipinski definition) is 5. The zero-order chi connectivity index (χ0) is 20.4. The lowest BCUT2D eigenvalue weighted by atomic mass is 10.1. The molecule has 0 aliphatic heterocycles. The van der Waals surface area contributed by atoms with Crippen molar-refractivity contribution in [3.05, 3.63) is 62.6 Å². The van der Waals surface area contributed by atoms with Gasteiger partial charge in [-0.1, -0.05) is 12.1 Å². The minimum absolute atomic E-state index is 0.116. The average Bonchev–Trinajstić information content (AvgIpc) is 3.12. The fourth-order valence-corrected chi connectivity index (χ4v) is 2.84. The van der Waals surface area contributed by atoms with Crippen LogP contribution in [0.25, 0.3) is 11.2 Å². The van der Waals surface area contributed by atoms with Gasteiger partial charge in [-0.3, -0.25) is 18.7 Å². The first-order chi connectivity index (χ1) is 13.3. The lowest BCUT2D eigenvalue weighted by molar-refractivity contribution is -0.121. The Morgan fingerprint density at radius 3 is 2.43 bits per heavy atom. The van der Waals surface area contributed by atoms with Gasteiger partial charge in [0.1, 0.15) is 0 Å². The van der Waals surface area contributed by atoms with Gasteiger partial charge in [-0.25, -0.2) is 14.6 Å². The van der Waals surface area contributed by atoms with Crippen LogP contribution in [0.15, 0.2) is 40.2 Å². The number of carboxylic acids is 1. The number of hydrogen-bond donors (Lipinski definition) is 2. The summed E-state index contributed by atoms with van der Waals surface area (Å²) in [5, 5.41) is 11.6. The van der Waals surface area contributed by atoms with Gasteiger partial charge in [-0.15, -0.1) is 0 Å². The lowest BCUT2D eigenvalue weighted by Gasteiger charge is -2.08. The second kappa shape index (κ2) is 7.51. The molecule has 0 fully saturated rings. The summed E-state index contributed by atoms with van der Waals surface area (Å²) in [5.41, 5.74) is 0.561. The minimum Gasteiger partial charge on any atom is -0.478 e. The Morgan fingerprint density at radius 2 is 1.79 bits per heavy atom. The van der Waals surface area contributed by atoms with Crippen molar-refractivity contribution < 1.29 is 14.7 Å². The van der Waals surface area contributed by atoms with E-state index >= 15 is 0 Å². The van der Waals surface area contributed by atoms with Crippen LogP contribution in [0.2, 0.25) is 0 Å². The highest BCUT2D eigenvalue weighted by Crippen LogP contribution is 2.07. The van der Waals surface area contributed by atoms with Crippen LogP contribution in [0.3, 0.4) is 0 Å². The predicted octanol–water partition coefficient (Wildman–Crippen LogP) is -0.162. The molecule has 2 aromatic heterocycles. The third kappa shape index (κ3) is 3.56. The van der Waals surface area contributed by atoms with Crippen molar-refractivity contribution in [2.24, 2.45) is 14.1 Å². The normalized spacial score (nSPS) is 10.9. The van der Waals surface area contributed by atoms with E-state index < -0.39 is 17.2 Å². The molecule has 3 aromatic rings. The van der Waals surface area contributed by atoms with Gasteiger partial charge in [-0.05, 0) is 17.7 Å². The van der Waals surface area contributed by atoms with Crippen molar-refractivity contribution in [2.45, 2.75) is 19.5 Å². The van der Waals surface area contributed by atoms with E-state index in [2.05, 4.69) is 10.3 Å². The number of amides is 1. The number of aromatic carboxylic acids is 1. The standard InChI is InChI=1S/C18H19N5O5/c1-21-15-14(16(25)22(2)18(21)28)23(10-20-15)8-7-13(24)19-9-11-3-5-12(6-4-11)17(26)27/h3-6,10H,7-9H2,1-2H3,(H,19,24)(H,26,27). The number of carboxylic acid groups (broad SMARTS) is 1. The molecule has 1 amide bonds.